The number of aromatic hydroxyl groups is 1. The second-order valence-electron chi connectivity index (χ2n) is 18.8. The molecule has 0 spiro atoms. The maximum atomic E-state index is 15.1. The maximum absolute atomic E-state index is 15.1. The van der Waals surface area contributed by atoms with Gasteiger partial charge in [-0.25, -0.2) is 4.79 Å². The van der Waals surface area contributed by atoms with Crippen molar-refractivity contribution in [2.75, 3.05) is 35.4 Å². The average molecular weight is 926 g/mol. The van der Waals surface area contributed by atoms with Crippen LogP contribution in [0.2, 0.25) is 0 Å². The summed E-state index contributed by atoms with van der Waals surface area (Å²) in [5, 5.41) is 57.3. The van der Waals surface area contributed by atoms with Crippen molar-refractivity contribution in [2.24, 2.45) is 0 Å². The Bertz CT molecular complexity index is 2510. The second kappa shape index (κ2) is 17.1. The van der Waals surface area contributed by atoms with Crippen LogP contribution < -0.4 is 5.43 Å². The summed E-state index contributed by atoms with van der Waals surface area (Å²) >= 11 is 0. The molecule has 4 fully saturated rings. The molecule has 0 unspecified atom stereocenters. The van der Waals surface area contributed by atoms with Gasteiger partial charge >= 0.3 is 5.97 Å². The minimum atomic E-state index is -3.10. The number of hydrogen-bond acceptors (Lipinski definition) is 19. The smallest absolute Gasteiger partial charge is 0.345 e. The first-order valence-electron chi connectivity index (χ1n) is 22.0. The first kappa shape index (κ1) is 48.2. The normalized spacial score (nSPS) is 37.6. The molecule has 4 aliphatic heterocycles. The van der Waals surface area contributed by atoms with Gasteiger partial charge in [0.15, 0.2) is 23.1 Å². The van der Waals surface area contributed by atoms with Gasteiger partial charge in [-0.1, -0.05) is 6.07 Å². The molecule has 360 valence electrons. The van der Waals surface area contributed by atoms with E-state index in [2.05, 4.69) is 0 Å². The van der Waals surface area contributed by atoms with E-state index in [4.69, 9.17) is 42.3 Å². The number of nitrogens with zero attached hydrogens (tertiary/aromatic N) is 1. The summed E-state index contributed by atoms with van der Waals surface area (Å²) < 4.78 is 53.2. The fourth-order valence-corrected chi connectivity index (χ4v) is 10.4. The number of ether oxygens (including phenoxy) is 8. The Morgan fingerprint density at radius 3 is 2.12 bits per heavy atom. The third-order valence-electron chi connectivity index (χ3n) is 14.8. The van der Waals surface area contributed by atoms with E-state index in [1.807, 2.05) is 32.8 Å². The topological polar surface area (TPSA) is 263 Å². The number of rotatable bonds is 10. The summed E-state index contributed by atoms with van der Waals surface area (Å²) in [6, 6.07) is 4.93. The number of epoxide rings is 1. The van der Waals surface area contributed by atoms with Crippen LogP contribution in [0.5, 0.6) is 5.75 Å². The molecule has 0 amide bonds. The number of fused-ring (bicyclic) bond motifs is 4. The number of phenols is 1. The van der Waals surface area contributed by atoms with Crippen LogP contribution >= 0.6 is 0 Å². The third-order valence-corrected chi connectivity index (χ3v) is 14.8. The summed E-state index contributed by atoms with van der Waals surface area (Å²) in [5.41, 5.74) is -8.32. The molecule has 19 heteroatoms. The Balaban J connectivity index is 1.25. The van der Waals surface area contributed by atoms with Crippen LogP contribution in [-0.2, 0) is 53.9 Å². The molecule has 66 heavy (non-hydrogen) atoms. The van der Waals surface area contributed by atoms with Crippen molar-refractivity contribution >= 4 is 28.5 Å². The third kappa shape index (κ3) is 7.25. The predicted molar refractivity (Wildman–Crippen MR) is 229 cm³/mol. The van der Waals surface area contributed by atoms with E-state index in [0.717, 1.165) is 19.2 Å². The Hall–Kier alpha value is -4.22. The molecule has 4 saturated heterocycles. The summed E-state index contributed by atoms with van der Waals surface area (Å²) in [6.45, 7) is 10.3. The van der Waals surface area contributed by atoms with Gasteiger partial charge in [-0.3, -0.25) is 14.4 Å². The van der Waals surface area contributed by atoms with E-state index in [1.54, 1.807) is 20.8 Å². The summed E-state index contributed by atoms with van der Waals surface area (Å²) in [7, 11) is 7.41. The van der Waals surface area contributed by atoms with Gasteiger partial charge in [-0.15, -0.1) is 0 Å². The highest BCUT2D eigenvalue weighted by molar-refractivity contribution is 6.32. The molecule has 5 aliphatic rings. The highest BCUT2D eigenvalue weighted by Crippen LogP contribution is 2.50. The van der Waals surface area contributed by atoms with Crippen molar-refractivity contribution in [1.29, 1.82) is 0 Å². The van der Waals surface area contributed by atoms with Gasteiger partial charge in [0.25, 0.3) is 0 Å². The molecular weight excluding hydrogens is 867 g/mol. The maximum Gasteiger partial charge on any atom is 0.345 e. The number of esters is 1. The summed E-state index contributed by atoms with van der Waals surface area (Å²) in [5.74, 6) is -3.77. The van der Waals surface area contributed by atoms with Crippen molar-refractivity contribution in [1.82, 2.24) is 4.90 Å². The summed E-state index contributed by atoms with van der Waals surface area (Å²) in [4.78, 5) is 60.5. The second-order valence-corrected chi connectivity index (χ2v) is 18.8. The Morgan fingerprint density at radius 1 is 0.848 bits per heavy atom. The average Bonchev–Trinajstić information content (AvgIpc) is 3.91. The minimum absolute atomic E-state index is 0.0334. The van der Waals surface area contributed by atoms with E-state index in [0.29, 0.717) is 0 Å². The van der Waals surface area contributed by atoms with Gasteiger partial charge in [-0.05, 0) is 74.2 Å². The summed E-state index contributed by atoms with van der Waals surface area (Å²) in [6.07, 6.45) is -12.6. The number of methoxy groups -OCH3 is 3. The number of aliphatic hydroxyl groups excluding tert-OH is 3. The molecule has 16 atom stereocenters. The van der Waals surface area contributed by atoms with Crippen LogP contribution in [0.25, 0.3) is 11.0 Å². The lowest BCUT2D eigenvalue weighted by molar-refractivity contribution is -0.300. The van der Waals surface area contributed by atoms with E-state index in [-0.39, 0.29) is 29.7 Å². The molecule has 8 rings (SSSR count). The number of ketones is 2. The molecule has 1 aliphatic carbocycles. The number of carbonyl (C=O) groups excluding carboxylic acids is 3. The van der Waals surface area contributed by atoms with Gasteiger partial charge in [0.05, 0.1) is 60.2 Å². The van der Waals surface area contributed by atoms with Crippen molar-refractivity contribution < 1.29 is 82.2 Å². The van der Waals surface area contributed by atoms with Crippen molar-refractivity contribution in [2.45, 2.75) is 151 Å². The quantitative estimate of drug-likeness (QED) is 0.112. The monoisotopic (exact) mass is 925 g/mol. The van der Waals surface area contributed by atoms with Gasteiger partial charge in [0.2, 0.25) is 11.4 Å². The van der Waals surface area contributed by atoms with Crippen molar-refractivity contribution in [3.8, 4) is 5.75 Å². The van der Waals surface area contributed by atoms with Gasteiger partial charge in [0.1, 0.15) is 53.7 Å². The lowest BCUT2D eigenvalue weighted by atomic mass is 9.74. The fourth-order valence-electron chi connectivity index (χ4n) is 10.4. The van der Waals surface area contributed by atoms with E-state index < -0.39 is 158 Å². The van der Waals surface area contributed by atoms with Crippen LogP contribution in [0, 0.1) is 0 Å². The minimum Gasteiger partial charge on any atom is -0.507 e. The first-order chi connectivity index (χ1) is 31.0. The van der Waals surface area contributed by atoms with E-state index in [9.17, 15) is 39.9 Å². The Morgan fingerprint density at radius 2 is 1.52 bits per heavy atom. The van der Waals surface area contributed by atoms with Crippen LogP contribution in [0.4, 0.5) is 0 Å². The first-order valence-corrected chi connectivity index (χ1v) is 22.0. The molecule has 2 aromatic carbocycles. The SMILES string of the molecule is COC(=O)[C@](O)(c1cc2c(c3oc([C@]4(C)O[C@@H]4C)cc(=O)c13)C(=O)c1c(ccc([C@@H]3C[C@@](C)(N(C)C)[C@H](O[C@@H]4C[C@H](OC)[C@H](O)[C@H](C)O4)[C@H](C)O3)c1O)C2=O)[C@H]1O[C@@H](C)[C@@H](O)[C@@H](OC)[C@H]1O. The van der Waals surface area contributed by atoms with Crippen LogP contribution in [0.15, 0.2) is 33.5 Å². The number of phenolic OH excluding ortho intramolecular Hbond substituents is 1. The molecule has 0 bridgehead atoms. The number of aliphatic hydroxyl groups is 4. The molecule has 0 radical (unpaired) electrons. The standard InChI is InChI=1S/C47H59NO18/c1-18-34(50)27(58-9)16-30(62-18)65-42-20(3)61-28(17-45(42,5)48(7)8)22-12-13-23-31(37(22)53)38(54)32-24(36(23)52)14-25(33-26(49)15-29(64-40(32)33)46(6)21(4)66-46)47(57,44(56)60-11)43-39(55)41(59-10)35(51)19(2)63-43/h12-15,18-21,27-28,30,34-35,39,41-43,50-51,53,55,57H,16-17H2,1-11H3/t18-,19-,20-,21+,27-,28-,30+,34+,35+,39+,41+,42+,43-,45+,46+,47-/m0/s1. The number of hydrogen-bond donors (Lipinski definition) is 5. The Labute approximate surface area is 380 Å². The Kier molecular flexibility index (Phi) is 12.5. The molecule has 0 saturated carbocycles. The highest BCUT2D eigenvalue weighted by Gasteiger charge is 2.60. The fraction of sp³-hybridized carbons (Fsp3) is 0.617. The van der Waals surface area contributed by atoms with Crippen LogP contribution in [0.1, 0.15) is 109 Å². The van der Waals surface area contributed by atoms with Crippen molar-refractivity contribution in [3.05, 3.63) is 73.6 Å². The van der Waals surface area contributed by atoms with Crippen molar-refractivity contribution in [3.63, 3.8) is 0 Å². The number of carbonyl (C=O) groups is 3. The largest absolute Gasteiger partial charge is 0.507 e. The molecule has 19 nitrogen and oxygen atoms in total. The van der Waals surface area contributed by atoms with Gasteiger partial charge in [-0.2, -0.15) is 0 Å². The highest BCUT2D eigenvalue weighted by atomic mass is 16.7. The van der Waals surface area contributed by atoms with Gasteiger partial charge < -0.3 is 72.7 Å². The zero-order valence-electron chi connectivity index (χ0n) is 38.7. The lowest BCUT2D eigenvalue weighted by Gasteiger charge is -2.52. The molecule has 5 heterocycles. The van der Waals surface area contributed by atoms with E-state index in [1.165, 1.54) is 33.3 Å². The number of likely N-dealkylation sites (N-methyl/N-ethyl adjacent to an activating group) is 1. The van der Waals surface area contributed by atoms with Crippen LogP contribution in [0.3, 0.4) is 0 Å². The molecule has 1 aromatic heterocycles. The number of benzene rings is 2. The zero-order valence-corrected chi connectivity index (χ0v) is 38.7. The van der Waals surface area contributed by atoms with Crippen LogP contribution in [-0.4, -0.2) is 162 Å². The zero-order chi connectivity index (χ0) is 48.3. The lowest BCUT2D eigenvalue weighted by Crippen LogP contribution is -2.65. The van der Waals surface area contributed by atoms with Gasteiger partial charge in [0, 0.05) is 54.5 Å². The molecule has 5 N–H and O–H groups in total. The molecule has 3 aromatic rings. The predicted octanol–water partition coefficient (Wildman–Crippen LogP) is 1.86. The molecular formula is C47H59NO18. The van der Waals surface area contributed by atoms with E-state index >= 15 is 4.79 Å².